The Labute approximate surface area is 118 Å². The predicted molar refractivity (Wildman–Crippen MR) is 76.6 cm³/mol. The van der Waals surface area contributed by atoms with E-state index < -0.39 is 5.60 Å². The Morgan fingerprint density at radius 1 is 1.35 bits per heavy atom. The zero-order valence-electron chi connectivity index (χ0n) is 11.5. The first kappa shape index (κ1) is 14.3. The summed E-state index contributed by atoms with van der Waals surface area (Å²) in [5.74, 6) is -0.0372. The minimum atomic E-state index is -0.645. The first-order chi connectivity index (χ1) is 9.50. The zero-order chi connectivity index (χ0) is 14.6. The maximum Gasteiger partial charge on any atom is 0.246 e. The van der Waals surface area contributed by atoms with Crippen molar-refractivity contribution in [3.63, 3.8) is 0 Å². The molecular weight excluding hydrogens is 252 g/mol. The normalized spacial score (nSPS) is 17.9. The molecule has 104 valence electrons. The lowest BCUT2D eigenvalue weighted by atomic mass is 9.94. The second-order valence-corrected chi connectivity index (χ2v) is 5.39. The van der Waals surface area contributed by atoms with Crippen LogP contribution in [0.5, 0.6) is 0 Å². The average Bonchev–Trinajstić information content (AvgIpc) is 2.45. The molecule has 0 aliphatic carbocycles. The maximum atomic E-state index is 12.0. The topological polar surface area (TPSA) is 64.3 Å². The summed E-state index contributed by atoms with van der Waals surface area (Å²) in [4.78, 5) is 13.8. The molecule has 0 atom stereocenters. The van der Waals surface area contributed by atoms with Gasteiger partial charge < -0.3 is 10.0 Å². The van der Waals surface area contributed by atoms with E-state index in [1.165, 1.54) is 0 Å². The lowest BCUT2D eigenvalue weighted by Crippen LogP contribution is -2.44. The fourth-order valence-electron chi connectivity index (χ4n) is 2.15. The standard InChI is InChI=1S/C16H18N2O2/c1-16(20)8-10-18(11-9-16)15(19)7-6-13-2-4-14(12-17)5-3-13/h2-7,20H,8-11H2,1H3/b7-6+. The summed E-state index contributed by atoms with van der Waals surface area (Å²) >= 11 is 0. The molecular formula is C16H18N2O2. The summed E-state index contributed by atoms with van der Waals surface area (Å²) in [6.07, 6.45) is 4.52. The van der Waals surface area contributed by atoms with Crippen LogP contribution in [0.3, 0.4) is 0 Å². The Hall–Kier alpha value is -2.12. The van der Waals surface area contributed by atoms with E-state index in [0.29, 0.717) is 31.5 Å². The highest BCUT2D eigenvalue weighted by Crippen LogP contribution is 2.21. The van der Waals surface area contributed by atoms with Crippen molar-refractivity contribution in [2.75, 3.05) is 13.1 Å². The van der Waals surface area contributed by atoms with E-state index in [1.54, 1.807) is 36.1 Å². The molecule has 0 unspecified atom stereocenters. The number of benzene rings is 1. The van der Waals surface area contributed by atoms with Gasteiger partial charge >= 0.3 is 0 Å². The molecule has 0 spiro atoms. The number of aliphatic hydroxyl groups is 1. The Balaban J connectivity index is 1.94. The van der Waals surface area contributed by atoms with E-state index >= 15 is 0 Å². The van der Waals surface area contributed by atoms with Crippen LogP contribution in [0.15, 0.2) is 30.3 Å². The molecule has 1 aliphatic rings. The van der Waals surface area contributed by atoms with Gasteiger partial charge in [0.25, 0.3) is 0 Å². The number of nitriles is 1. The molecule has 1 aliphatic heterocycles. The SMILES string of the molecule is CC1(O)CCN(C(=O)/C=C/c2ccc(C#N)cc2)CC1. The Bertz CT molecular complexity index is 543. The van der Waals surface area contributed by atoms with Crippen molar-refractivity contribution in [2.45, 2.75) is 25.4 Å². The predicted octanol–water partition coefficient (Wildman–Crippen LogP) is 1.94. The third-order valence-electron chi connectivity index (χ3n) is 3.61. The Kier molecular flexibility index (Phi) is 4.21. The van der Waals surface area contributed by atoms with Crippen molar-refractivity contribution in [3.05, 3.63) is 41.5 Å². The molecule has 0 saturated carbocycles. The smallest absolute Gasteiger partial charge is 0.246 e. The van der Waals surface area contributed by atoms with Crippen molar-refractivity contribution >= 4 is 12.0 Å². The molecule has 2 rings (SSSR count). The molecule has 0 bridgehead atoms. The number of carbonyl (C=O) groups excluding carboxylic acids is 1. The first-order valence-electron chi connectivity index (χ1n) is 6.70. The van der Waals surface area contributed by atoms with E-state index in [1.807, 2.05) is 12.1 Å². The molecule has 1 amide bonds. The van der Waals surface area contributed by atoms with Crippen molar-refractivity contribution in [1.29, 1.82) is 5.26 Å². The third-order valence-corrected chi connectivity index (χ3v) is 3.61. The quantitative estimate of drug-likeness (QED) is 0.835. The summed E-state index contributed by atoms with van der Waals surface area (Å²) in [7, 11) is 0. The van der Waals surface area contributed by atoms with Crippen LogP contribution in [0.25, 0.3) is 6.08 Å². The molecule has 1 saturated heterocycles. The second-order valence-electron chi connectivity index (χ2n) is 5.39. The average molecular weight is 270 g/mol. The number of nitrogens with zero attached hydrogens (tertiary/aromatic N) is 2. The zero-order valence-corrected chi connectivity index (χ0v) is 11.5. The van der Waals surface area contributed by atoms with Gasteiger partial charge in [-0.15, -0.1) is 0 Å². The number of hydrogen-bond acceptors (Lipinski definition) is 3. The number of rotatable bonds is 2. The monoisotopic (exact) mass is 270 g/mol. The number of hydrogen-bond donors (Lipinski definition) is 1. The summed E-state index contributed by atoms with van der Waals surface area (Å²) in [6, 6.07) is 9.12. The third kappa shape index (κ3) is 3.69. The van der Waals surface area contributed by atoms with Crippen molar-refractivity contribution < 1.29 is 9.90 Å². The molecule has 1 aromatic carbocycles. The van der Waals surface area contributed by atoms with Crippen molar-refractivity contribution in [2.24, 2.45) is 0 Å². The van der Waals surface area contributed by atoms with Gasteiger partial charge in [0.1, 0.15) is 0 Å². The molecule has 4 heteroatoms. The summed E-state index contributed by atoms with van der Waals surface area (Å²) in [6.45, 7) is 2.98. The molecule has 0 aromatic heterocycles. The molecule has 1 N–H and O–H groups in total. The highest BCUT2D eigenvalue weighted by atomic mass is 16.3. The van der Waals surface area contributed by atoms with Gasteiger partial charge in [-0.3, -0.25) is 4.79 Å². The van der Waals surface area contributed by atoms with E-state index in [9.17, 15) is 9.90 Å². The number of amides is 1. The van der Waals surface area contributed by atoms with Crippen LogP contribution in [-0.2, 0) is 4.79 Å². The summed E-state index contributed by atoms with van der Waals surface area (Å²) in [5, 5.41) is 18.6. The van der Waals surface area contributed by atoms with Crippen LogP contribution in [0.2, 0.25) is 0 Å². The van der Waals surface area contributed by atoms with Gasteiger partial charge in [-0.25, -0.2) is 0 Å². The van der Waals surface area contributed by atoms with E-state index in [0.717, 1.165) is 5.56 Å². The summed E-state index contributed by atoms with van der Waals surface area (Å²) in [5.41, 5.74) is 0.848. The van der Waals surface area contributed by atoms with Crippen LogP contribution in [0.4, 0.5) is 0 Å². The van der Waals surface area contributed by atoms with Gasteiger partial charge in [-0.1, -0.05) is 12.1 Å². The molecule has 4 nitrogen and oxygen atoms in total. The van der Waals surface area contributed by atoms with Gasteiger partial charge in [0, 0.05) is 19.2 Å². The lowest BCUT2D eigenvalue weighted by Gasteiger charge is -2.35. The molecule has 0 radical (unpaired) electrons. The van der Waals surface area contributed by atoms with E-state index in [4.69, 9.17) is 5.26 Å². The second kappa shape index (κ2) is 5.89. The number of carbonyl (C=O) groups is 1. The molecule has 1 aromatic rings. The Morgan fingerprint density at radius 2 is 1.95 bits per heavy atom. The van der Waals surface area contributed by atoms with E-state index in [-0.39, 0.29) is 5.91 Å². The van der Waals surface area contributed by atoms with E-state index in [2.05, 4.69) is 6.07 Å². The molecule has 1 heterocycles. The molecule has 20 heavy (non-hydrogen) atoms. The maximum absolute atomic E-state index is 12.0. The van der Waals surface area contributed by atoms with Gasteiger partial charge in [0.2, 0.25) is 5.91 Å². The van der Waals surface area contributed by atoms with Gasteiger partial charge in [0.05, 0.1) is 17.2 Å². The highest BCUT2D eigenvalue weighted by Gasteiger charge is 2.28. The number of likely N-dealkylation sites (tertiary alicyclic amines) is 1. The Morgan fingerprint density at radius 3 is 2.50 bits per heavy atom. The fraction of sp³-hybridized carbons (Fsp3) is 0.375. The van der Waals surface area contributed by atoms with Crippen LogP contribution in [0, 0.1) is 11.3 Å². The first-order valence-corrected chi connectivity index (χ1v) is 6.70. The van der Waals surface area contributed by atoms with Gasteiger partial charge in [0.15, 0.2) is 0 Å². The van der Waals surface area contributed by atoms with Gasteiger partial charge in [-0.2, -0.15) is 5.26 Å². The molecule has 1 fully saturated rings. The minimum absolute atomic E-state index is 0.0372. The number of piperidine rings is 1. The van der Waals surface area contributed by atoms with Crippen LogP contribution in [-0.4, -0.2) is 34.6 Å². The summed E-state index contributed by atoms with van der Waals surface area (Å²) < 4.78 is 0. The fourth-order valence-corrected chi connectivity index (χ4v) is 2.15. The highest BCUT2D eigenvalue weighted by molar-refractivity contribution is 5.91. The van der Waals surface area contributed by atoms with Gasteiger partial charge in [-0.05, 0) is 43.5 Å². The van der Waals surface area contributed by atoms with Crippen LogP contribution in [0.1, 0.15) is 30.9 Å². The van der Waals surface area contributed by atoms with Crippen molar-refractivity contribution in [1.82, 2.24) is 4.90 Å². The largest absolute Gasteiger partial charge is 0.390 e. The minimum Gasteiger partial charge on any atom is -0.390 e. The van der Waals surface area contributed by atoms with Crippen LogP contribution < -0.4 is 0 Å². The van der Waals surface area contributed by atoms with Crippen molar-refractivity contribution in [3.8, 4) is 6.07 Å². The lowest BCUT2D eigenvalue weighted by molar-refractivity contribution is -0.129. The van der Waals surface area contributed by atoms with Crippen LogP contribution >= 0.6 is 0 Å².